The molecule has 0 atom stereocenters. The maximum atomic E-state index is 5.95. The second-order valence-electron chi connectivity index (χ2n) is 7.73. The summed E-state index contributed by atoms with van der Waals surface area (Å²) in [5, 5.41) is 0. The predicted octanol–water partition coefficient (Wildman–Crippen LogP) is 2.83. The van der Waals surface area contributed by atoms with Crippen molar-refractivity contribution in [3.8, 4) is 0 Å². The van der Waals surface area contributed by atoms with Crippen LogP contribution in [0.4, 0.5) is 5.82 Å². The molecule has 2 aromatic rings. The van der Waals surface area contributed by atoms with E-state index in [0.717, 1.165) is 57.2 Å². The molecule has 27 heavy (non-hydrogen) atoms. The highest BCUT2D eigenvalue weighted by atomic mass is 15.3. The average molecular weight is 364 g/mol. The second kappa shape index (κ2) is 8.19. The van der Waals surface area contributed by atoms with E-state index in [9.17, 15) is 0 Å². The summed E-state index contributed by atoms with van der Waals surface area (Å²) in [5.74, 6) is 2.47. The lowest BCUT2D eigenvalue weighted by atomic mass is 9.78. The fraction of sp³-hybridized carbons (Fsp3) is 0.455. The third-order valence-corrected chi connectivity index (χ3v) is 5.61. The molecular weight excluding hydrogens is 334 g/mol. The van der Waals surface area contributed by atoms with E-state index in [0.29, 0.717) is 12.0 Å². The summed E-state index contributed by atoms with van der Waals surface area (Å²) in [4.78, 5) is 14.2. The predicted molar refractivity (Wildman–Crippen MR) is 111 cm³/mol. The first-order chi connectivity index (χ1) is 13.2. The Kier molecular flexibility index (Phi) is 5.50. The number of aryl methyl sites for hydroxylation is 1. The Bertz CT molecular complexity index is 775. The summed E-state index contributed by atoms with van der Waals surface area (Å²) < 4.78 is 0. The van der Waals surface area contributed by atoms with Gasteiger partial charge in [-0.05, 0) is 25.3 Å². The van der Waals surface area contributed by atoms with Crippen molar-refractivity contribution in [1.29, 1.82) is 0 Å². The molecule has 0 spiro atoms. The zero-order valence-corrected chi connectivity index (χ0v) is 16.1. The standard InChI is InChI=1S/C22H29N5/c1-17-24-21(19-14-20(23)15-19)16-22(25-17)27-12-10-26(11-13-27)9-5-8-18-6-3-2-4-7-18/h2-8,16,19-20H,9-15,23H2,1H3. The first-order valence-corrected chi connectivity index (χ1v) is 9.97. The monoisotopic (exact) mass is 363 g/mol. The summed E-state index contributed by atoms with van der Waals surface area (Å²) in [5.41, 5.74) is 8.39. The molecule has 0 unspecified atom stereocenters. The number of hydrogen-bond donors (Lipinski definition) is 1. The van der Waals surface area contributed by atoms with E-state index in [2.05, 4.69) is 63.3 Å². The van der Waals surface area contributed by atoms with Gasteiger partial charge in [-0.2, -0.15) is 0 Å². The molecule has 142 valence electrons. The normalized spacial score (nSPS) is 23.6. The van der Waals surface area contributed by atoms with Crippen molar-refractivity contribution in [1.82, 2.24) is 14.9 Å². The van der Waals surface area contributed by atoms with E-state index in [1.165, 1.54) is 11.3 Å². The fourth-order valence-corrected chi connectivity index (χ4v) is 3.91. The van der Waals surface area contributed by atoms with Crippen LogP contribution in [0.3, 0.4) is 0 Å². The Labute approximate surface area is 161 Å². The molecule has 5 nitrogen and oxygen atoms in total. The van der Waals surface area contributed by atoms with Crippen molar-refractivity contribution in [2.24, 2.45) is 5.73 Å². The van der Waals surface area contributed by atoms with Crippen LogP contribution in [-0.4, -0.2) is 53.6 Å². The van der Waals surface area contributed by atoms with Crippen LogP contribution < -0.4 is 10.6 Å². The highest BCUT2D eigenvalue weighted by molar-refractivity contribution is 5.48. The van der Waals surface area contributed by atoms with E-state index in [1.807, 2.05) is 6.92 Å². The lowest BCUT2D eigenvalue weighted by molar-refractivity contribution is 0.283. The van der Waals surface area contributed by atoms with Crippen molar-refractivity contribution in [3.05, 3.63) is 59.6 Å². The van der Waals surface area contributed by atoms with Gasteiger partial charge in [-0.15, -0.1) is 0 Å². The van der Waals surface area contributed by atoms with Crippen LogP contribution in [0, 0.1) is 6.92 Å². The molecule has 0 amide bonds. The lowest BCUT2D eigenvalue weighted by Gasteiger charge is -2.36. The number of aromatic nitrogens is 2. The van der Waals surface area contributed by atoms with Crippen LogP contribution in [-0.2, 0) is 0 Å². The minimum absolute atomic E-state index is 0.348. The van der Waals surface area contributed by atoms with Gasteiger partial charge in [0, 0.05) is 56.4 Å². The third kappa shape index (κ3) is 4.54. The number of nitrogens with zero attached hydrogens (tertiary/aromatic N) is 4. The number of anilines is 1. The molecule has 2 heterocycles. The molecule has 1 aliphatic carbocycles. The van der Waals surface area contributed by atoms with Crippen LogP contribution in [0.1, 0.15) is 35.8 Å². The van der Waals surface area contributed by atoms with Crippen molar-refractivity contribution in [3.63, 3.8) is 0 Å². The number of nitrogens with two attached hydrogens (primary N) is 1. The van der Waals surface area contributed by atoms with Gasteiger partial charge in [-0.1, -0.05) is 42.5 Å². The van der Waals surface area contributed by atoms with Crippen LogP contribution in [0.2, 0.25) is 0 Å². The molecule has 2 fully saturated rings. The lowest BCUT2D eigenvalue weighted by Crippen LogP contribution is -2.46. The number of rotatable bonds is 5. The summed E-state index contributed by atoms with van der Waals surface area (Å²) in [6.07, 6.45) is 6.57. The molecule has 2 N–H and O–H groups in total. The molecule has 1 saturated heterocycles. The van der Waals surface area contributed by atoms with Gasteiger partial charge >= 0.3 is 0 Å². The Balaban J connectivity index is 1.32. The second-order valence-corrected chi connectivity index (χ2v) is 7.73. The van der Waals surface area contributed by atoms with Gasteiger partial charge in [0.2, 0.25) is 0 Å². The molecule has 0 radical (unpaired) electrons. The van der Waals surface area contributed by atoms with Gasteiger partial charge in [0.25, 0.3) is 0 Å². The van der Waals surface area contributed by atoms with E-state index in [1.54, 1.807) is 0 Å². The third-order valence-electron chi connectivity index (χ3n) is 5.61. The maximum Gasteiger partial charge on any atom is 0.132 e. The van der Waals surface area contributed by atoms with Crippen molar-refractivity contribution < 1.29 is 0 Å². The van der Waals surface area contributed by atoms with Gasteiger partial charge in [-0.3, -0.25) is 4.90 Å². The summed E-state index contributed by atoms with van der Waals surface area (Å²) in [6, 6.07) is 13.0. The van der Waals surface area contributed by atoms with Crippen molar-refractivity contribution >= 4 is 11.9 Å². The zero-order chi connectivity index (χ0) is 18.6. The first kappa shape index (κ1) is 18.1. The Morgan fingerprint density at radius 2 is 1.81 bits per heavy atom. The molecule has 0 bridgehead atoms. The van der Waals surface area contributed by atoms with Gasteiger partial charge in [0.05, 0.1) is 0 Å². The topological polar surface area (TPSA) is 58.3 Å². The van der Waals surface area contributed by atoms with E-state index < -0.39 is 0 Å². The first-order valence-electron chi connectivity index (χ1n) is 9.97. The smallest absolute Gasteiger partial charge is 0.132 e. The van der Waals surface area contributed by atoms with Crippen LogP contribution >= 0.6 is 0 Å². The number of piperazine rings is 1. The highest BCUT2D eigenvalue weighted by Gasteiger charge is 2.29. The Hall–Kier alpha value is -2.24. The molecule has 1 aromatic carbocycles. The highest BCUT2D eigenvalue weighted by Crippen LogP contribution is 2.35. The number of hydrogen-bond acceptors (Lipinski definition) is 5. The quantitative estimate of drug-likeness (QED) is 0.885. The molecule has 1 saturated carbocycles. The van der Waals surface area contributed by atoms with Crippen LogP contribution in [0.25, 0.3) is 6.08 Å². The molecule has 2 aliphatic rings. The van der Waals surface area contributed by atoms with E-state index in [-0.39, 0.29) is 0 Å². The summed E-state index contributed by atoms with van der Waals surface area (Å²) in [7, 11) is 0. The van der Waals surface area contributed by atoms with E-state index >= 15 is 0 Å². The Morgan fingerprint density at radius 3 is 2.52 bits per heavy atom. The maximum absolute atomic E-state index is 5.95. The fourth-order valence-electron chi connectivity index (χ4n) is 3.91. The summed E-state index contributed by atoms with van der Waals surface area (Å²) >= 11 is 0. The minimum Gasteiger partial charge on any atom is -0.354 e. The summed E-state index contributed by atoms with van der Waals surface area (Å²) in [6.45, 7) is 7.14. The largest absolute Gasteiger partial charge is 0.354 e. The van der Waals surface area contributed by atoms with Crippen molar-refractivity contribution in [2.75, 3.05) is 37.6 Å². The van der Waals surface area contributed by atoms with Crippen molar-refractivity contribution in [2.45, 2.75) is 31.7 Å². The van der Waals surface area contributed by atoms with Crippen LogP contribution in [0.15, 0.2) is 42.5 Å². The number of benzene rings is 1. The molecule has 1 aliphatic heterocycles. The van der Waals surface area contributed by atoms with Gasteiger partial charge in [0.15, 0.2) is 0 Å². The molecular formula is C22H29N5. The minimum atomic E-state index is 0.348. The SMILES string of the molecule is Cc1nc(C2CC(N)C2)cc(N2CCN(CC=Cc3ccccc3)CC2)n1. The molecule has 1 aromatic heterocycles. The molecule has 5 heteroatoms. The van der Waals surface area contributed by atoms with E-state index in [4.69, 9.17) is 10.7 Å². The van der Waals surface area contributed by atoms with Crippen LogP contribution in [0.5, 0.6) is 0 Å². The average Bonchev–Trinajstić information content (AvgIpc) is 2.66. The van der Waals surface area contributed by atoms with Gasteiger partial charge in [0.1, 0.15) is 11.6 Å². The molecule has 4 rings (SSSR count). The zero-order valence-electron chi connectivity index (χ0n) is 16.1. The van der Waals surface area contributed by atoms with Gasteiger partial charge < -0.3 is 10.6 Å². The van der Waals surface area contributed by atoms with Gasteiger partial charge in [-0.25, -0.2) is 9.97 Å². The Morgan fingerprint density at radius 1 is 1.07 bits per heavy atom.